The molecule has 0 saturated heterocycles. The third-order valence-corrected chi connectivity index (χ3v) is 5.76. The van der Waals surface area contributed by atoms with Gasteiger partial charge in [-0.15, -0.1) is 0 Å². The molecule has 0 atom stereocenters. The lowest BCUT2D eigenvalue weighted by molar-refractivity contribution is -0.384. The van der Waals surface area contributed by atoms with Crippen LogP contribution < -0.4 is 15.0 Å². The summed E-state index contributed by atoms with van der Waals surface area (Å²) in [4.78, 5) is 24.6. The van der Waals surface area contributed by atoms with Crippen LogP contribution in [0, 0.1) is 10.1 Å². The van der Waals surface area contributed by atoms with E-state index in [1.54, 1.807) is 10.6 Å². The summed E-state index contributed by atoms with van der Waals surface area (Å²) in [6.07, 6.45) is 10.6. The Morgan fingerprint density at radius 3 is 2.33 bits per heavy atom. The van der Waals surface area contributed by atoms with Crippen LogP contribution in [-0.2, 0) is 6.54 Å². The maximum absolute atomic E-state index is 13.6. The van der Waals surface area contributed by atoms with Crippen molar-refractivity contribution in [2.75, 3.05) is 6.61 Å². The summed E-state index contributed by atoms with van der Waals surface area (Å²) in [7, 11) is 0. The highest BCUT2D eigenvalue weighted by atomic mass is 16.6. The van der Waals surface area contributed by atoms with Crippen molar-refractivity contribution in [1.82, 2.24) is 4.57 Å². The summed E-state index contributed by atoms with van der Waals surface area (Å²) in [5.74, 6) is 1.25. The molecule has 2 aromatic rings. The van der Waals surface area contributed by atoms with Crippen molar-refractivity contribution in [3.63, 3.8) is 0 Å². The minimum Gasteiger partial charge on any atom is -0.485 e. The quantitative estimate of drug-likeness (QED) is 0.123. The van der Waals surface area contributed by atoms with Crippen molar-refractivity contribution in [1.29, 1.82) is 0 Å². The van der Waals surface area contributed by atoms with Crippen LogP contribution in [0.4, 0.5) is 5.69 Å². The molecule has 0 aliphatic heterocycles. The number of aromatic nitrogens is 1. The maximum Gasteiger partial charge on any atom is 0.297 e. The standard InChI is InChI=1S/C26H38N2O5/c1-5-9-11-13-17-27-23-19-20(28(30)31)15-16-22(23)24(33-21(7-3)8-4)25(26(27)29)32-18-14-12-10-6-2/h7,15-16,19H,5-6,8-14,17-18H2,1-4H3. The zero-order chi connectivity index (χ0) is 24.2. The number of allylic oxidation sites excluding steroid dienone is 2. The Kier molecular flexibility index (Phi) is 10.9. The van der Waals surface area contributed by atoms with Gasteiger partial charge in [-0.1, -0.05) is 59.3 Å². The van der Waals surface area contributed by atoms with Crippen molar-refractivity contribution in [2.24, 2.45) is 0 Å². The molecule has 0 spiro atoms. The van der Waals surface area contributed by atoms with Gasteiger partial charge in [-0.2, -0.15) is 0 Å². The fourth-order valence-electron chi connectivity index (χ4n) is 3.82. The molecule has 1 aromatic heterocycles. The third-order valence-electron chi connectivity index (χ3n) is 5.76. The minimum absolute atomic E-state index is 0.0508. The highest BCUT2D eigenvalue weighted by Gasteiger charge is 2.22. The molecule has 0 aliphatic rings. The second kappa shape index (κ2) is 13.7. The summed E-state index contributed by atoms with van der Waals surface area (Å²) in [5, 5.41) is 12.1. The normalized spacial score (nSPS) is 11.7. The lowest BCUT2D eigenvalue weighted by atomic mass is 10.1. The fraction of sp³-hybridized carbons (Fsp3) is 0.577. The lowest BCUT2D eigenvalue weighted by Gasteiger charge is -2.19. The van der Waals surface area contributed by atoms with Crippen molar-refractivity contribution in [2.45, 2.75) is 92.0 Å². The maximum atomic E-state index is 13.6. The van der Waals surface area contributed by atoms with Gasteiger partial charge in [0.05, 0.1) is 22.8 Å². The highest BCUT2D eigenvalue weighted by molar-refractivity contribution is 5.89. The third kappa shape index (κ3) is 7.07. The van der Waals surface area contributed by atoms with E-state index in [4.69, 9.17) is 9.47 Å². The number of nitro benzene ring substituents is 1. The molecule has 0 radical (unpaired) electrons. The largest absolute Gasteiger partial charge is 0.485 e. The number of aryl methyl sites for hydroxylation is 1. The first-order valence-electron chi connectivity index (χ1n) is 12.3. The van der Waals surface area contributed by atoms with Gasteiger partial charge in [0.25, 0.3) is 11.2 Å². The van der Waals surface area contributed by atoms with E-state index < -0.39 is 4.92 Å². The van der Waals surface area contributed by atoms with Crippen molar-refractivity contribution >= 4 is 16.6 Å². The van der Waals surface area contributed by atoms with Crippen molar-refractivity contribution in [3.05, 3.63) is 50.5 Å². The van der Waals surface area contributed by atoms with E-state index in [1.165, 1.54) is 12.1 Å². The predicted octanol–water partition coefficient (Wildman–Crippen LogP) is 7.14. The molecule has 7 nitrogen and oxygen atoms in total. The van der Waals surface area contributed by atoms with Gasteiger partial charge in [0.2, 0.25) is 5.75 Å². The molecule has 0 bridgehead atoms. The molecule has 0 N–H and O–H groups in total. The second-order valence-electron chi connectivity index (χ2n) is 8.25. The zero-order valence-corrected chi connectivity index (χ0v) is 20.5. The molecule has 0 aliphatic carbocycles. The van der Waals surface area contributed by atoms with Crippen LogP contribution in [0.2, 0.25) is 0 Å². The first-order valence-corrected chi connectivity index (χ1v) is 12.3. The number of rotatable bonds is 15. The summed E-state index contributed by atoms with van der Waals surface area (Å²) < 4.78 is 13.8. The SMILES string of the molecule is CC=C(CC)Oc1c(OCCCCCC)c(=O)n(CCCCCC)c2cc([N+](=O)[O-])ccc12. The second-order valence-corrected chi connectivity index (χ2v) is 8.25. The number of nitro groups is 1. The van der Waals surface area contributed by atoms with Gasteiger partial charge in [-0.25, -0.2) is 0 Å². The van der Waals surface area contributed by atoms with E-state index in [9.17, 15) is 14.9 Å². The molecule has 7 heteroatoms. The van der Waals surface area contributed by atoms with Gasteiger partial charge in [-0.05, 0) is 31.9 Å². The number of fused-ring (bicyclic) bond motifs is 1. The van der Waals surface area contributed by atoms with Gasteiger partial charge in [0, 0.05) is 30.5 Å². The summed E-state index contributed by atoms with van der Waals surface area (Å²) in [5.41, 5.74) is 0.160. The number of nitrogens with zero attached hydrogens (tertiary/aromatic N) is 2. The van der Waals surface area contributed by atoms with Crippen molar-refractivity contribution in [3.8, 4) is 11.5 Å². The Morgan fingerprint density at radius 1 is 1.03 bits per heavy atom. The Hall–Kier alpha value is -2.83. The Labute approximate surface area is 196 Å². The van der Waals surface area contributed by atoms with Crippen molar-refractivity contribution < 1.29 is 14.4 Å². The van der Waals surface area contributed by atoms with Crippen LogP contribution in [0.1, 0.15) is 85.5 Å². The smallest absolute Gasteiger partial charge is 0.297 e. The summed E-state index contributed by atoms with van der Waals surface area (Å²) in [6, 6.07) is 4.58. The van der Waals surface area contributed by atoms with E-state index in [1.807, 2.05) is 19.9 Å². The highest BCUT2D eigenvalue weighted by Crippen LogP contribution is 2.36. The predicted molar refractivity (Wildman–Crippen MR) is 133 cm³/mol. The lowest BCUT2D eigenvalue weighted by Crippen LogP contribution is -2.24. The molecular weight excluding hydrogens is 420 g/mol. The Balaban J connectivity index is 2.63. The zero-order valence-electron chi connectivity index (χ0n) is 20.5. The van der Waals surface area contributed by atoms with E-state index >= 15 is 0 Å². The first-order chi connectivity index (χ1) is 16.0. The molecule has 0 fully saturated rings. The molecular formula is C26H38N2O5. The number of pyridine rings is 1. The summed E-state index contributed by atoms with van der Waals surface area (Å²) in [6.45, 7) is 9.04. The molecule has 1 heterocycles. The van der Waals surface area contributed by atoms with Crippen LogP contribution in [0.3, 0.4) is 0 Å². The molecule has 33 heavy (non-hydrogen) atoms. The molecule has 1 aromatic carbocycles. The number of hydrogen-bond acceptors (Lipinski definition) is 5. The van der Waals surface area contributed by atoms with Crippen LogP contribution in [0.15, 0.2) is 34.8 Å². The number of benzene rings is 1. The van der Waals surface area contributed by atoms with Gasteiger partial charge >= 0.3 is 0 Å². The molecule has 0 amide bonds. The van der Waals surface area contributed by atoms with Crippen LogP contribution >= 0.6 is 0 Å². The minimum atomic E-state index is -0.437. The molecule has 0 saturated carbocycles. The number of hydrogen-bond donors (Lipinski definition) is 0. The van der Waals surface area contributed by atoms with Gasteiger partial charge < -0.3 is 14.0 Å². The molecule has 0 unspecified atom stereocenters. The summed E-state index contributed by atoms with van der Waals surface area (Å²) >= 11 is 0. The molecule has 182 valence electrons. The van der Waals surface area contributed by atoms with Gasteiger partial charge in [0.1, 0.15) is 0 Å². The number of ether oxygens (including phenoxy) is 2. The number of non-ortho nitro benzene ring substituents is 1. The fourth-order valence-corrected chi connectivity index (χ4v) is 3.82. The van der Waals surface area contributed by atoms with Gasteiger partial charge in [-0.3, -0.25) is 14.9 Å². The van der Waals surface area contributed by atoms with E-state index in [0.717, 1.165) is 51.4 Å². The molecule has 2 rings (SSSR count). The Bertz CT molecular complexity index is 1010. The average molecular weight is 459 g/mol. The monoisotopic (exact) mass is 458 g/mol. The van der Waals surface area contributed by atoms with E-state index in [2.05, 4.69) is 13.8 Å². The Morgan fingerprint density at radius 2 is 1.73 bits per heavy atom. The van der Waals surface area contributed by atoms with E-state index in [-0.39, 0.29) is 17.0 Å². The van der Waals surface area contributed by atoms with Gasteiger partial charge in [0.15, 0.2) is 5.75 Å². The average Bonchev–Trinajstić information content (AvgIpc) is 2.82. The number of unbranched alkanes of at least 4 members (excludes halogenated alkanes) is 6. The topological polar surface area (TPSA) is 83.6 Å². The first kappa shape index (κ1) is 26.4. The van der Waals surface area contributed by atoms with Crippen LogP contribution in [0.25, 0.3) is 10.9 Å². The van der Waals surface area contributed by atoms with Crippen LogP contribution in [0.5, 0.6) is 11.5 Å². The van der Waals surface area contributed by atoms with E-state index in [0.29, 0.717) is 42.0 Å². The van der Waals surface area contributed by atoms with Crippen LogP contribution in [-0.4, -0.2) is 16.1 Å².